The summed E-state index contributed by atoms with van der Waals surface area (Å²) in [6.07, 6.45) is -3.19. The van der Waals surface area contributed by atoms with E-state index < -0.39 is 36.8 Å². The molecule has 2 aliphatic rings. The SMILES string of the molecule is c1ccc(COC[C@@H]2SCC[C@@H](OCc3ccccc3)[C@@H]2O[C@H]2O[C@H](COCc3ccccc3)[C@@H](OCc3ccccc3)[C@H](OCc3ccccc3)[C@H]2OCc2ccccc2)cc1. The fourth-order valence-electron chi connectivity index (χ4n) is 7.99. The van der Waals surface area contributed by atoms with Crippen LogP contribution in [0.2, 0.25) is 0 Å². The minimum atomic E-state index is -0.875. The van der Waals surface area contributed by atoms with E-state index in [2.05, 4.69) is 72.8 Å². The van der Waals surface area contributed by atoms with Gasteiger partial charge in [-0.2, -0.15) is 11.8 Å². The molecule has 0 bridgehead atoms. The van der Waals surface area contributed by atoms with E-state index in [1.54, 1.807) is 0 Å². The Balaban J connectivity index is 1.12. The highest BCUT2D eigenvalue weighted by molar-refractivity contribution is 8.00. The summed E-state index contributed by atoms with van der Waals surface area (Å²) in [7, 11) is 0. The molecule has 2 saturated heterocycles. The number of thioether (sulfide) groups is 1. The molecule has 0 spiro atoms. The molecule has 328 valence electrons. The molecule has 2 heterocycles. The van der Waals surface area contributed by atoms with Gasteiger partial charge in [-0.25, -0.2) is 0 Å². The molecule has 0 N–H and O–H groups in total. The minimum absolute atomic E-state index is 0.0508. The third-order valence-corrected chi connectivity index (χ3v) is 12.6. The molecule has 2 aliphatic heterocycles. The monoisotopic (exact) mass is 866 g/mol. The molecular weight excluding hydrogens is 809 g/mol. The van der Waals surface area contributed by atoms with E-state index in [1.165, 1.54) is 0 Å². The van der Waals surface area contributed by atoms with Gasteiger partial charge >= 0.3 is 0 Å². The Hall–Kier alpha value is -4.65. The molecule has 9 heteroatoms. The predicted octanol–water partition coefficient (Wildman–Crippen LogP) is 10.4. The van der Waals surface area contributed by atoms with Gasteiger partial charge in [-0.15, -0.1) is 0 Å². The molecule has 8 atom stereocenters. The van der Waals surface area contributed by atoms with Crippen LogP contribution < -0.4 is 0 Å². The average molecular weight is 867 g/mol. The lowest BCUT2D eigenvalue weighted by atomic mass is 9.97. The van der Waals surface area contributed by atoms with Gasteiger partial charge in [0, 0.05) is 0 Å². The highest BCUT2D eigenvalue weighted by Gasteiger charge is 2.51. The van der Waals surface area contributed by atoms with Gasteiger partial charge in [0.1, 0.15) is 30.5 Å². The summed E-state index contributed by atoms with van der Waals surface area (Å²) in [5.74, 6) is 0.909. The van der Waals surface area contributed by atoms with Gasteiger partial charge in [-0.1, -0.05) is 182 Å². The van der Waals surface area contributed by atoms with Gasteiger partial charge < -0.3 is 37.9 Å². The Morgan fingerprint density at radius 3 is 1.24 bits per heavy atom. The van der Waals surface area contributed by atoms with Gasteiger partial charge in [0.25, 0.3) is 0 Å². The standard InChI is InChI=1S/C54H58O8S/c1-7-19-41(20-8-1)33-55-39-48-51(58-36-44-25-13-4-14-26-44)52(59-37-45-27-15-5-16-28-45)53(60-38-46-29-17-6-18-30-46)54(61-48)62-50-47(57-35-43-23-11-3-12-24-43)31-32-63-49(50)40-56-34-42-21-9-2-10-22-42/h1-30,47-54H,31-40H2/t47-,48-,49+,50+,51-,52+,53-,54-/m1/s1. The topological polar surface area (TPSA) is 73.8 Å². The summed E-state index contributed by atoms with van der Waals surface area (Å²) in [5.41, 5.74) is 6.40. The number of benzene rings is 6. The molecule has 0 saturated carbocycles. The highest BCUT2D eigenvalue weighted by Crippen LogP contribution is 2.37. The first-order chi connectivity index (χ1) is 31.2. The molecule has 6 aromatic carbocycles. The van der Waals surface area contributed by atoms with Crippen molar-refractivity contribution in [1.82, 2.24) is 0 Å². The Morgan fingerprint density at radius 1 is 0.397 bits per heavy atom. The Morgan fingerprint density at radius 2 is 0.778 bits per heavy atom. The van der Waals surface area contributed by atoms with Gasteiger partial charge in [0.2, 0.25) is 0 Å². The van der Waals surface area contributed by atoms with Crippen molar-refractivity contribution in [2.24, 2.45) is 0 Å². The Labute approximate surface area is 376 Å². The normalized spacial score (nSPS) is 23.6. The van der Waals surface area contributed by atoms with E-state index in [0.29, 0.717) is 46.2 Å². The predicted molar refractivity (Wildman–Crippen MR) is 247 cm³/mol. The Kier molecular flexibility index (Phi) is 17.4. The van der Waals surface area contributed by atoms with Gasteiger partial charge in [0.05, 0.1) is 64.2 Å². The van der Waals surface area contributed by atoms with Crippen molar-refractivity contribution in [1.29, 1.82) is 0 Å². The second kappa shape index (κ2) is 24.4. The van der Waals surface area contributed by atoms with Crippen molar-refractivity contribution < 1.29 is 37.9 Å². The lowest BCUT2D eigenvalue weighted by molar-refractivity contribution is -0.342. The van der Waals surface area contributed by atoms with E-state index in [9.17, 15) is 0 Å². The molecule has 2 fully saturated rings. The minimum Gasteiger partial charge on any atom is -0.376 e. The number of hydrogen-bond donors (Lipinski definition) is 0. The summed E-state index contributed by atoms with van der Waals surface area (Å²) in [4.78, 5) is 0. The van der Waals surface area contributed by atoms with Gasteiger partial charge in [-0.05, 0) is 45.6 Å². The fourth-order valence-corrected chi connectivity index (χ4v) is 9.28. The summed E-state index contributed by atoms with van der Waals surface area (Å²) in [6, 6.07) is 61.3. The molecule has 6 aromatic rings. The summed E-state index contributed by atoms with van der Waals surface area (Å²) in [5, 5.41) is -0.0508. The van der Waals surface area contributed by atoms with Crippen molar-refractivity contribution in [2.45, 2.75) is 94.2 Å². The van der Waals surface area contributed by atoms with Crippen molar-refractivity contribution in [3.8, 4) is 0 Å². The van der Waals surface area contributed by atoms with Crippen LogP contribution >= 0.6 is 11.8 Å². The molecule has 0 radical (unpaired) electrons. The van der Waals surface area contributed by atoms with Crippen molar-refractivity contribution >= 4 is 11.8 Å². The first kappa shape index (κ1) is 44.9. The number of rotatable bonds is 22. The maximum atomic E-state index is 7.37. The van der Waals surface area contributed by atoms with Crippen LogP contribution in [0.5, 0.6) is 0 Å². The quantitative estimate of drug-likeness (QED) is 0.0663. The van der Waals surface area contributed by atoms with Gasteiger partial charge in [0.15, 0.2) is 6.29 Å². The Bertz CT molecular complexity index is 2130. The van der Waals surface area contributed by atoms with Crippen LogP contribution in [0.1, 0.15) is 39.8 Å². The molecule has 0 amide bonds. The molecule has 63 heavy (non-hydrogen) atoms. The van der Waals surface area contributed by atoms with E-state index in [-0.39, 0.29) is 18.0 Å². The van der Waals surface area contributed by atoms with E-state index in [1.807, 2.05) is 121 Å². The molecular formula is C54H58O8S. The van der Waals surface area contributed by atoms with Crippen LogP contribution in [0, 0.1) is 0 Å². The van der Waals surface area contributed by atoms with Crippen LogP contribution in [0.15, 0.2) is 182 Å². The largest absolute Gasteiger partial charge is 0.376 e. The van der Waals surface area contributed by atoms with Gasteiger partial charge in [-0.3, -0.25) is 0 Å². The summed E-state index contributed by atoms with van der Waals surface area (Å²) >= 11 is 1.85. The lowest BCUT2D eigenvalue weighted by Gasteiger charge is -2.48. The average Bonchev–Trinajstić information content (AvgIpc) is 3.34. The van der Waals surface area contributed by atoms with Crippen molar-refractivity contribution in [3.05, 3.63) is 215 Å². The van der Waals surface area contributed by atoms with Crippen LogP contribution in [0.4, 0.5) is 0 Å². The molecule has 0 aromatic heterocycles. The summed E-state index contributed by atoms with van der Waals surface area (Å²) in [6.45, 7) is 3.08. The van der Waals surface area contributed by atoms with Crippen molar-refractivity contribution in [3.63, 3.8) is 0 Å². The summed E-state index contributed by atoms with van der Waals surface area (Å²) < 4.78 is 55.2. The van der Waals surface area contributed by atoms with Crippen LogP contribution in [0.3, 0.4) is 0 Å². The zero-order valence-corrected chi connectivity index (χ0v) is 36.5. The molecule has 0 aliphatic carbocycles. The highest BCUT2D eigenvalue weighted by atomic mass is 32.2. The first-order valence-corrected chi connectivity index (χ1v) is 23.1. The lowest BCUT2D eigenvalue weighted by Crippen LogP contribution is -2.63. The van der Waals surface area contributed by atoms with Crippen molar-refractivity contribution in [2.75, 3.05) is 19.0 Å². The fraction of sp³-hybridized carbons (Fsp3) is 0.333. The smallest absolute Gasteiger partial charge is 0.187 e. The zero-order valence-electron chi connectivity index (χ0n) is 35.7. The van der Waals surface area contributed by atoms with Crippen LogP contribution in [-0.4, -0.2) is 67.1 Å². The third-order valence-electron chi connectivity index (χ3n) is 11.3. The third kappa shape index (κ3) is 13.7. The van der Waals surface area contributed by atoms with E-state index in [4.69, 9.17) is 37.9 Å². The van der Waals surface area contributed by atoms with E-state index >= 15 is 0 Å². The molecule has 8 nitrogen and oxygen atoms in total. The second-order valence-corrected chi connectivity index (χ2v) is 17.3. The number of ether oxygens (including phenoxy) is 8. The van der Waals surface area contributed by atoms with Crippen LogP contribution in [-0.2, 0) is 77.5 Å². The molecule has 0 unspecified atom stereocenters. The maximum Gasteiger partial charge on any atom is 0.187 e. The first-order valence-electron chi connectivity index (χ1n) is 22.0. The second-order valence-electron chi connectivity index (χ2n) is 16.0. The number of hydrogen-bond acceptors (Lipinski definition) is 9. The maximum absolute atomic E-state index is 7.37. The molecule has 8 rings (SSSR count). The zero-order chi connectivity index (χ0) is 42.7. The van der Waals surface area contributed by atoms with E-state index in [0.717, 1.165) is 45.6 Å². The van der Waals surface area contributed by atoms with Crippen LogP contribution in [0.25, 0.3) is 0 Å².